The molecule has 3 heterocycles. The standard InChI is InChI=1S/C27H24N4O6/c1-14-11-15(8-9-19(14)35-2)24(32)22-23(16-7-5-6-10-28-16)31(26(34)25(22)33)27-29-17-12-20(36-3)21(37-4)13-18(17)30-27/h5-13,23,32H,1-4H3,(H,29,30)/b24-22+. The SMILES string of the molecule is COc1ccc(/C(O)=C2\C(=O)C(=O)N(c3nc4cc(OC)c(OC)cc4[nH]3)C2c2ccccn2)cc1C. The van der Waals surface area contributed by atoms with E-state index in [2.05, 4.69) is 15.0 Å². The van der Waals surface area contributed by atoms with Crippen LogP contribution in [0.4, 0.5) is 5.95 Å². The third-order valence-electron chi connectivity index (χ3n) is 6.28. The van der Waals surface area contributed by atoms with Crippen LogP contribution in [0.1, 0.15) is 22.9 Å². The van der Waals surface area contributed by atoms with Crippen LogP contribution in [-0.2, 0) is 9.59 Å². The molecule has 0 aliphatic carbocycles. The molecular weight excluding hydrogens is 476 g/mol. The maximum atomic E-state index is 13.4. The number of imidazole rings is 1. The van der Waals surface area contributed by atoms with Crippen LogP contribution in [0.15, 0.2) is 60.3 Å². The molecule has 10 heteroatoms. The topological polar surface area (TPSA) is 127 Å². The Bertz CT molecular complexity index is 1520. The van der Waals surface area contributed by atoms with Gasteiger partial charge in [0.25, 0.3) is 5.78 Å². The minimum Gasteiger partial charge on any atom is -0.507 e. The Balaban J connectivity index is 1.70. The van der Waals surface area contributed by atoms with E-state index in [1.54, 1.807) is 61.8 Å². The number of Topliss-reactive ketones (excluding diaryl/α,β-unsaturated/α-hetero) is 1. The van der Waals surface area contributed by atoms with Gasteiger partial charge in [0.2, 0.25) is 5.95 Å². The van der Waals surface area contributed by atoms with E-state index in [9.17, 15) is 14.7 Å². The number of fused-ring (bicyclic) bond motifs is 1. The number of methoxy groups -OCH3 is 3. The second kappa shape index (κ2) is 9.30. The van der Waals surface area contributed by atoms with Gasteiger partial charge in [0.1, 0.15) is 17.6 Å². The van der Waals surface area contributed by atoms with E-state index < -0.39 is 17.7 Å². The van der Waals surface area contributed by atoms with Crippen LogP contribution in [0.5, 0.6) is 17.2 Å². The molecule has 2 aromatic heterocycles. The van der Waals surface area contributed by atoms with Crippen LogP contribution in [0.25, 0.3) is 16.8 Å². The van der Waals surface area contributed by atoms with Gasteiger partial charge in [0.15, 0.2) is 11.5 Å². The molecule has 10 nitrogen and oxygen atoms in total. The zero-order valence-corrected chi connectivity index (χ0v) is 20.6. The molecular formula is C27H24N4O6. The number of hydrogen-bond acceptors (Lipinski definition) is 8. The molecule has 1 atom stereocenters. The van der Waals surface area contributed by atoms with Crippen molar-refractivity contribution in [2.24, 2.45) is 0 Å². The monoisotopic (exact) mass is 500 g/mol. The summed E-state index contributed by atoms with van der Waals surface area (Å²) >= 11 is 0. The number of rotatable bonds is 6. The lowest BCUT2D eigenvalue weighted by molar-refractivity contribution is -0.132. The highest BCUT2D eigenvalue weighted by molar-refractivity contribution is 6.51. The van der Waals surface area contributed by atoms with Gasteiger partial charge in [-0.1, -0.05) is 6.07 Å². The Morgan fingerprint density at radius 1 is 0.973 bits per heavy atom. The van der Waals surface area contributed by atoms with E-state index in [-0.39, 0.29) is 17.3 Å². The molecule has 1 unspecified atom stereocenters. The number of ether oxygens (including phenoxy) is 3. The fourth-order valence-electron chi connectivity index (χ4n) is 4.49. The molecule has 1 fully saturated rings. The molecule has 1 saturated heterocycles. The van der Waals surface area contributed by atoms with Crippen LogP contribution < -0.4 is 19.1 Å². The number of carbonyl (C=O) groups is 2. The van der Waals surface area contributed by atoms with Crippen molar-refractivity contribution in [2.45, 2.75) is 13.0 Å². The molecule has 5 rings (SSSR count). The lowest BCUT2D eigenvalue weighted by atomic mass is 9.97. The first-order valence-corrected chi connectivity index (χ1v) is 11.4. The summed E-state index contributed by atoms with van der Waals surface area (Å²) in [6, 6.07) is 12.5. The number of nitrogens with zero attached hydrogens (tertiary/aromatic N) is 3. The second-order valence-electron chi connectivity index (χ2n) is 8.39. The number of anilines is 1. The van der Waals surface area contributed by atoms with Gasteiger partial charge in [-0.3, -0.25) is 19.5 Å². The first-order valence-electron chi connectivity index (χ1n) is 11.4. The minimum atomic E-state index is -1.02. The number of hydrogen-bond donors (Lipinski definition) is 2. The molecule has 0 saturated carbocycles. The van der Waals surface area contributed by atoms with Gasteiger partial charge in [-0.05, 0) is 42.8 Å². The van der Waals surface area contributed by atoms with Crippen LogP contribution >= 0.6 is 0 Å². The van der Waals surface area contributed by atoms with Crippen molar-refractivity contribution in [1.29, 1.82) is 0 Å². The number of carbonyl (C=O) groups excluding carboxylic acids is 2. The number of nitrogens with one attached hydrogen (secondary N) is 1. The summed E-state index contributed by atoms with van der Waals surface area (Å²) in [5, 5.41) is 11.3. The van der Waals surface area contributed by atoms with E-state index in [1.807, 2.05) is 6.92 Å². The van der Waals surface area contributed by atoms with Crippen LogP contribution in [0.2, 0.25) is 0 Å². The summed E-state index contributed by atoms with van der Waals surface area (Å²) in [4.78, 5) is 40.0. The lowest BCUT2D eigenvalue weighted by Gasteiger charge is -2.22. The number of aryl methyl sites for hydroxylation is 1. The molecule has 1 aliphatic rings. The number of aromatic nitrogens is 3. The number of aliphatic hydroxyl groups excluding tert-OH is 1. The second-order valence-corrected chi connectivity index (χ2v) is 8.39. The van der Waals surface area contributed by atoms with Crippen molar-refractivity contribution in [2.75, 3.05) is 26.2 Å². The Hall–Kier alpha value is -4.86. The van der Waals surface area contributed by atoms with Crippen LogP contribution in [0, 0.1) is 6.92 Å². The van der Waals surface area contributed by atoms with E-state index >= 15 is 0 Å². The van der Waals surface area contributed by atoms with Gasteiger partial charge in [-0.15, -0.1) is 0 Å². The highest BCUT2D eigenvalue weighted by Gasteiger charge is 2.49. The predicted octanol–water partition coefficient (Wildman–Crippen LogP) is 3.92. The fourth-order valence-corrected chi connectivity index (χ4v) is 4.49. The van der Waals surface area contributed by atoms with Gasteiger partial charge in [-0.2, -0.15) is 0 Å². The molecule has 188 valence electrons. The maximum Gasteiger partial charge on any atom is 0.302 e. The van der Waals surface area contributed by atoms with Crippen molar-refractivity contribution >= 4 is 34.4 Å². The summed E-state index contributed by atoms with van der Waals surface area (Å²) in [6.07, 6.45) is 1.56. The summed E-state index contributed by atoms with van der Waals surface area (Å²) in [7, 11) is 4.58. The van der Waals surface area contributed by atoms with Crippen LogP contribution in [0.3, 0.4) is 0 Å². The van der Waals surface area contributed by atoms with Crippen molar-refractivity contribution in [3.8, 4) is 17.2 Å². The maximum absolute atomic E-state index is 13.4. The van der Waals surface area contributed by atoms with E-state index in [0.717, 1.165) is 5.56 Å². The quantitative estimate of drug-likeness (QED) is 0.232. The first kappa shape index (κ1) is 23.9. The molecule has 2 N–H and O–H groups in total. The average Bonchev–Trinajstić information content (AvgIpc) is 3.45. The number of amides is 1. The van der Waals surface area contributed by atoms with E-state index in [4.69, 9.17) is 14.2 Å². The smallest absolute Gasteiger partial charge is 0.302 e. The highest BCUT2D eigenvalue weighted by atomic mass is 16.5. The number of pyridine rings is 1. The number of H-pyrrole nitrogens is 1. The van der Waals surface area contributed by atoms with Crippen molar-refractivity contribution < 1.29 is 28.9 Å². The van der Waals surface area contributed by atoms with Crippen molar-refractivity contribution in [1.82, 2.24) is 15.0 Å². The molecule has 37 heavy (non-hydrogen) atoms. The Labute approximate surface area is 212 Å². The summed E-state index contributed by atoms with van der Waals surface area (Å²) in [5.41, 5.74) is 2.50. The van der Waals surface area contributed by atoms with Crippen molar-refractivity contribution in [3.05, 3.63) is 77.1 Å². The molecule has 1 aliphatic heterocycles. The van der Waals surface area contributed by atoms with E-state index in [1.165, 1.54) is 19.1 Å². The Kier molecular flexibility index (Phi) is 6.00. The Morgan fingerprint density at radius 3 is 2.35 bits per heavy atom. The van der Waals surface area contributed by atoms with Gasteiger partial charge in [0.05, 0.1) is 43.6 Å². The first-order chi connectivity index (χ1) is 17.9. The normalized spacial score (nSPS) is 16.9. The molecule has 1 amide bonds. The fraction of sp³-hybridized carbons (Fsp3) is 0.185. The molecule has 0 spiro atoms. The lowest BCUT2D eigenvalue weighted by Crippen LogP contribution is -2.30. The summed E-state index contributed by atoms with van der Waals surface area (Å²) in [6.45, 7) is 1.82. The van der Waals surface area contributed by atoms with Gasteiger partial charge in [0, 0.05) is 23.9 Å². The largest absolute Gasteiger partial charge is 0.507 e. The average molecular weight is 501 g/mol. The van der Waals surface area contributed by atoms with Gasteiger partial charge in [-0.25, -0.2) is 4.98 Å². The highest BCUT2D eigenvalue weighted by Crippen LogP contribution is 2.42. The third kappa shape index (κ3) is 3.92. The third-order valence-corrected chi connectivity index (χ3v) is 6.28. The minimum absolute atomic E-state index is 0.0936. The number of ketones is 1. The summed E-state index contributed by atoms with van der Waals surface area (Å²) in [5.74, 6) is -0.325. The van der Waals surface area contributed by atoms with Crippen molar-refractivity contribution in [3.63, 3.8) is 0 Å². The van der Waals surface area contributed by atoms with Gasteiger partial charge < -0.3 is 24.3 Å². The summed E-state index contributed by atoms with van der Waals surface area (Å²) < 4.78 is 16.0. The number of aromatic amines is 1. The number of aliphatic hydroxyl groups is 1. The molecule has 2 aromatic carbocycles. The predicted molar refractivity (Wildman–Crippen MR) is 136 cm³/mol. The molecule has 0 radical (unpaired) electrons. The van der Waals surface area contributed by atoms with Crippen LogP contribution in [-0.4, -0.2) is 53.1 Å². The van der Waals surface area contributed by atoms with Gasteiger partial charge >= 0.3 is 5.91 Å². The molecule has 0 bridgehead atoms. The zero-order chi connectivity index (χ0) is 26.3. The Morgan fingerprint density at radius 2 is 1.70 bits per heavy atom. The molecule has 4 aromatic rings. The zero-order valence-electron chi connectivity index (χ0n) is 20.6. The van der Waals surface area contributed by atoms with E-state index in [0.29, 0.717) is 39.5 Å². The number of benzene rings is 2.